The molecule has 2 aliphatic heterocycles. The van der Waals surface area contributed by atoms with Gasteiger partial charge in [0.25, 0.3) is 0 Å². The van der Waals surface area contributed by atoms with Gasteiger partial charge in [0.1, 0.15) is 6.10 Å². The molecule has 21 heavy (non-hydrogen) atoms. The van der Waals surface area contributed by atoms with E-state index in [0.717, 1.165) is 45.0 Å². The minimum absolute atomic E-state index is 0.0683. The third-order valence-corrected chi connectivity index (χ3v) is 4.19. The molecule has 7 nitrogen and oxygen atoms in total. The molecule has 2 atom stereocenters. The van der Waals surface area contributed by atoms with E-state index >= 15 is 0 Å². The first-order valence-corrected chi connectivity index (χ1v) is 7.48. The van der Waals surface area contributed by atoms with Crippen LogP contribution < -0.4 is 5.73 Å². The lowest BCUT2D eigenvalue weighted by molar-refractivity contribution is 0.0671. The molecule has 0 aromatic carbocycles. The van der Waals surface area contributed by atoms with Crippen LogP contribution in [0.5, 0.6) is 0 Å². The first kappa shape index (κ1) is 14.3. The maximum absolute atomic E-state index is 6.08. The Balaban J connectivity index is 1.62. The highest BCUT2D eigenvalue weighted by Gasteiger charge is 2.31. The molecule has 1 aromatic rings. The van der Waals surface area contributed by atoms with E-state index in [1.807, 2.05) is 17.8 Å². The van der Waals surface area contributed by atoms with Crippen LogP contribution in [-0.4, -0.2) is 60.1 Å². The van der Waals surface area contributed by atoms with Crippen molar-refractivity contribution in [3.63, 3.8) is 0 Å². The first-order valence-electron chi connectivity index (χ1n) is 7.48. The normalized spacial score (nSPS) is 27.3. The Morgan fingerprint density at radius 1 is 1.43 bits per heavy atom. The average Bonchev–Trinajstić information content (AvgIpc) is 3.13. The summed E-state index contributed by atoms with van der Waals surface area (Å²) in [6, 6.07) is 2.01. The SMILES string of the molecule is Cn1nccc1[C@@H]1OCC[C@H]1CN=C(N)N1CCOCC1. The zero-order chi connectivity index (χ0) is 14.7. The van der Waals surface area contributed by atoms with Gasteiger partial charge >= 0.3 is 0 Å². The van der Waals surface area contributed by atoms with Crippen LogP contribution in [0.1, 0.15) is 18.2 Å². The van der Waals surface area contributed by atoms with E-state index in [9.17, 15) is 0 Å². The van der Waals surface area contributed by atoms with Crippen molar-refractivity contribution in [2.75, 3.05) is 39.5 Å². The zero-order valence-electron chi connectivity index (χ0n) is 12.4. The topological polar surface area (TPSA) is 77.9 Å². The van der Waals surface area contributed by atoms with Crippen LogP contribution in [0.4, 0.5) is 0 Å². The number of nitrogens with two attached hydrogens (primary N) is 1. The highest BCUT2D eigenvalue weighted by Crippen LogP contribution is 2.34. The Hall–Kier alpha value is -1.60. The van der Waals surface area contributed by atoms with Crippen molar-refractivity contribution in [3.8, 4) is 0 Å². The molecule has 0 saturated carbocycles. The summed E-state index contributed by atoms with van der Waals surface area (Å²) in [5.74, 6) is 0.981. The summed E-state index contributed by atoms with van der Waals surface area (Å²) in [5, 5.41) is 4.22. The van der Waals surface area contributed by atoms with Crippen LogP contribution in [-0.2, 0) is 16.5 Å². The van der Waals surface area contributed by atoms with Crippen molar-refractivity contribution in [1.29, 1.82) is 0 Å². The quantitative estimate of drug-likeness (QED) is 0.634. The molecule has 0 bridgehead atoms. The molecular formula is C14H23N5O2. The fourth-order valence-corrected chi connectivity index (χ4v) is 2.91. The van der Waals surface area contributed by atoms with Gasteiger partial charge in [-0.05, 0) is 12.5 Å². The maximum atomic E-state index is 6.08. The van der Waals surface area contributed by atoms with Crippen molar-refractivity contribution < 1.29 is 9.47 Å². The third kappa shape index (κ3) is 3.19. The number of aryl methyl sites for hydroxylation is 1. The number of aromatic nitrogens is 2. The molecule has 0 aliphatic carbocycles. The summed E-state index contributed by atoms with van der Waals surface area (Å²) >= 11 is 0. The highest BCUT2D eigenvalue weighted by molar-refractivity contribution is 5.78. The maximum Gasteiger partial charge on any atom is 0.191 e. The van der Waals surface area contributed by atoms with Crippen LogP contribution in [0.2, 0.25) is 0 Å². The lowest BCUT2D eigenvalue weighted by Gasteiger charge is -2.28. The van der Waals surface area contributed by atoms with Gasteiger partial charge < -0.3 is 20.1 Å². The number of hydrogen-bond acceptors (Lipinski definition) is 4. The van der Waals surface area contributed by atoms with Gasteiger partial charge in [-0.2, -0.15) is 5.10 Å². The van der Waals surface area contributed by atoms with E-state index < -0.39 is 0 Å². The number of morpholine rings is 1. The molecule has 0 unspecified atom stereocenters. The molecule has 3 rings (SSSR count). The number of aliphatic imine (C=N–C) groups is 1. The molecule has 2 N–H and O–H groups in total. The van der Waals surface area contributed by atoms with E-state index in [-0.39, 0.29) is 6.10 Å². The molecule has 2 saturated heterocycles. The number of hydrogen-bond donors (Lipinski definition) is 1. The summed E-state index contributed by atoms with van der Waals surface area (Å²) in [4.78, 5) is 6.66. The van der Waals surface area contributed by atoms with Crippen LogP contribution in [0.25, 0.3) is 0 Å². The summed E-state index contributed by atoms with van der Waals surface area (Å²) in [5.41, 5.74) is 7.19. The molecule has 2 aliphatic rings. The van der Waals surface area contributed by atoms with Crippen molar-refractivity contribution in [2.45, 2.75) is 12.5 Å². The van der Waals surface area contributed by atoms with E-state index in [1.54, 1.807) is 6.20 Å². The first-order chi connectivity index (χ1) is 10.3. The lowest BCUT2D eigenvalue weighted by atomic mass is 9.99. The number of nitrogens with zero attached hydrogens (tertiary/aromatic N) is 4. The molecule has 3 heterocycles. The van der Waals surface area contributed by atoms with E-state index in [0.29, 0.717) is 18.4 Å². The van der Waals surface area contributed by atoms with Crippen LogP contribution >= 0.6 is 0 Å². The second-order valence-electron chi connectivity index (χ2n) is 5.52. The summed E-state index contributed by atoms with van der Waals surface area (Å²) in [7, 11) is 1.94. The Labute approximate surface area is 124 Å². The largest absolute Gasteiger partial charge is 0.378 e. The Kier molecular flexibility index (Phi) is 4.40. The minimum atomic E-state index is 0.0683. The van der Waals surface area contributed by atoms with Crippen molar-refractivity contribution in [1.82, 2.24) is 14.7 Å². The van der Waals surface area contributed by atoms with E-state index in [4.69, 9.17) is 15.2 Å². The van der Waals surface area contributed by atoms with Crippen LogP contribution in [0.3, 0.4) is 0 Å². The molecule has 0 spiro atoms. The molecule has 1 aromatic heterocycles. The average molecular weight is 293 g/mol. The predicted octanol–water partition coefficient (Wildman–Crippen LogP) is 0.145. The molecule has 0 amide bonds. The van der Waals surface area contributed by atoms with E-state index in [2.05, 4.69) is 15.0 Å². The van der Waals surface area contributed by atoms with Crippen molar-refractivity contribution >= 4 is 5.96 Å². The van der Waals surface area contributed by atoms with Crippen molar-refractivity contribution in [2.24, 2.45) is 23.7 Å². The second kappa shape index (κ2) is 6.44. The molecule has 116 valence electrons. The van der Waals surface area contributed by atoms with Crippen LogP contribution in [0.15, 0.2) is 17.3 Å². The van der Waals surface area contributed by atoms with Crippen LogP contribution in [0, 0.1) is 5.92 Å². The van der Waals surface area contributed by atoms with Gasteiger partial charge in [0, 0.05) is 45.4 Å². The third-order valence-electron chi connectivity index (χ3n) is 4.19. The monoisotopic (exact) mass is 293 g/mol. The van der Waals surface area contributed by atoms with Gasteiger partial charge in [-0.1, -0.05) is 0 Å². The molecule has 0 radical (unpaired) electrons. The molecule has 7 heteroatoms. The highest BCUT2D eigenvalue weighted by atomic mass is 16.5. The zero-order valence-corrected chi connectivity index (χ0v) is 12.4. The van der Waals surface area contributed by atoms with Gasteiger partial charge in [0.15, 0.2) is 5.96 Å². The smallest absolute Gasteiger partial charge is 0.191 e. The fraction of sp³-hybridized carbons (Fsp3) is 0.714. The van der Waals surface area contributed by atoms with Gasteiger partial charge in [0.05, 0.1) is 18.9 Å². The van der Waals surface area contributed by atoms with Gasteiger partial charge in [-0.15, -0.1) is 0 Å². The van der Waals surface area contributed by atoms with Crippen molar-refractivity contribution in [3.05, 3.63) is 18.0 Å². The second-order valence-corrected chi connectivity index (χ2v) is 5.52. The lowest BCUT2D eigenvalue weighted by Crippen LogP contribution is -2.45. The Morgan fingerprint density at radius 2 is 2.24 bits per heavy atom. The fourth-order valence-electron chi connectivity index (χ4n) is 2.91. The molecular weight excluding hydrogens is 270 g/mol. The summed E-state index contributed by atoms with van der Waals surface area (Å²) < 4.78 is 13.1. The van der Waals surface area contributed by atoms with Gasteiger partial charge in [-0.25, -0.2) is 0 Å². The Morgan fingerprint density at radius 3 is 2.95 bits per heavy atom. The van der Waals surface area contributed by atoms with E-state index in [1.165, 1.54) is 0 Å². The standard InChI is InChI=1S/C14H23N5O2/c1-18-12(2-4-17-18)13-11(3-7-21-13)10-16-14(15)19-5-8-20-9-6-19/h2,4,11,13H,3,5-10H2,1H3,(H2,15,16)/t11-,13+/m0/s1. The number of rotatable bonds is 3. The number of ether oxygens (including phenoxy) is 2. The summed E-state index contributed by atoms with van der Waals surface area (Å²) in [6.07, 6.45) is 2.88. The summed E-state index contributed by atoms with van der Waals surface area (Å²) in [6.45, 7) is 4.55. The Bertz CT molecular complexity index is 495. The minimum Gasteiger partial charge on any atom is -0.378 e. The molecule has 2 fully saturated rings. The van der Waals surface area contributed by atoms with Gasteiger partial charge in [0.2, 0.25) is 0 Å². The van der Waals surface area contributed by atoms with Gasteiger partial charge in [-0.3, -0.25) is 9.67 Å². The predicted molar refractivity (Wildman–Crippen MR) is 78.9 cm³/mol. The number of guanidine groups is 1.